The molecule has 1 N–H and O–H groups in total. The summed E-state index contributed by atoms with van der Waals surface area (Å²) >= 11 is 0. The predicted molar refractivity (Wildman–Crippen MR) is 66.6 cm³/mol. The van der Waals surface area contributed by atoms with Gasteiger partial charge in [0.05, 0.1) is 13.7 Å². The lowest BCUT2D eigenvalue weighted by Crippen LogP contribution is -2.23. The molecule has 1 aromatic carbocycles. The third kappa shape index (κ3) is 2.39. The van der Waals surface area contributed by atoms with Crippen molar-refractivity contribution < 1.29 is 9.47 Å². The molecule has 1 aliphatic heterocycles. The van der Waals surface area contributed by atoms with Crippen molar-refractivity contribution >= 4 is 0 Å². The van der Waals surface area contributed by atoms with Crippen LogP contribution in [0.25, 0.3) is 0 Å². The summed E-state index contributed by atoms with van der Waals surface area (Å²) in [5, 5.41) is 3.39. The van der Waals surface area contributed by atoms with E-state index in [2.05, 4.69) is 17.4 Å². The average molecular weight is 233 g/mol. The highest BCUT2D eigenvalue weighted by molar-refractivity contribution is 5.48. The molecule has 92 valence electrons. The summed E-state index contributed by atoms with van der Waals surface area (Å²) < 4.78 is 11.3. The Balaban J connectivity index is 1.83. The lowest BCUT2D eigenvalue weighted by Gasteiger charge is -2.20. The zero-order chi connectivity index (χ0) is 11.7. The highest BCUT2D eigenvalue weighted by atomic mass is 16.5. The Hall–Kier alpha value is -1.22. The molecule has 0 bridgehead atoms. The van der Waals surface area contributed by atoms with Gasteiger partial charge in [-0.15, -0.1) is 0 Å². The van der Waals surface area contributed by atoms with E-state index < -0.39 is 0 Å². The summed E-state index contributed by atoms with van der Waals surface area (Å²) in [6.07, 6.45) is 3.71. The molecule has 3 heteroatoms. The van der Waals surface area contributed by atoms with E-state index >= 15 is 0 Å². The maximum absolute atomic E-state index is 5.87. The first kappa shape index (κ1) is 10.9. The quantitative estimate of drug-likeness (QED) is 0.864. The van der Waals surface area contributed by atoms with Crippen molar-refractivity contribution in [2.75, 3.05) is 20.3 Å². The smallest absolute Gasteiger partial charge is 0.161 e. The predicted octanol–water partition coefficient (Wildman–Crippen LogP) is 2.13. The molecule has 1 heterocycles. The number of benzene rings is 1. The number of hydrogen-bond acceptors (Lipinski definition) is 3. The fourth-order valence-corrected chi connectivity index (χ4v) is 2.25. The van der Waals surface area contributed by atoms with Crippen molar-refractivity contribution in [2.45, 2.75) is 25.8 Å². The van der Waals surface area contributed by atoms with Crippen molar-refractivity contribution in [3.63, 3.8) is 0 Å². The van der Waals surface area contributed by atoms with E-state index in [1.807, 2.05) is 0 Å². The van der Waals surface area contributed by atoms with Crippen LogP contribution in [0.1, 0.15) is 24.0 Å². The first-order valence-corrected chi connectivity index (χ1v) is 6.40. The Kier molecular flexibility index (Phi) is 2.93. The van der Waals surface area contributed by atoms with Gasteiger partial charge >= 0.3 is 0 Å². The fraction of sp³-hybridized carbons (Fsp3) is 0.571. The van der Waals surface area contributed by atoms with Gasteiger partial charge in [0.15, 0.2) is 11.5 Å². The van der Waals surface area contributed by atoms with E-state index in [0.717, 1.165) is 43.5 Å². The van der Waals surface area contributed by atoms with E-state index in [1.54, 1.807) is 7.11 Å². The summed E-state index contributed by atoms with van der Waals surface area (Å²) in [4.78, 5) is 0. The second kappa shape index (κ2) is 4.57. The minimum Gasteiger partial charge on any atom is -0.493 e. The Morgan fingerprint density at radius 2 is 2.06 bits per heavy atom. The minimum atomic E-state index is 0.772. The number of nitrogens with one attached hydrogen (secondary N) is 1. The summed E-state index contributed by atoms with van der Waals surface area (Å²) in [5.41, 5.74) is 2.74. The molecule has 0 atom stereocenters. The zero-order valence-electron chi connectivity index (χ0n) is 10.3. The second-order valence-corrected chi connectivity index (χ2v) is 4.95. The van der Waals surface area contributed by atoms with Crippen molar-refractivity contribution in [2.24, 2.45) is 5.92 Å². The van der Waals surface area contributed by atoms with Crippen molar-refractivity contribution in [1.29, 1.82) is 0 Å². The number of fused-ring (bicyclic) bond motifs is 1. The number of methoxy groups -OCH3 is 1. The van der Waals surface area contributed by atoms with Gasteiger partial charge in [0.2, 0.25) is 0 Å². The highest BCUT2D eigenvalue weighted by Gasteiger charge is 2.23. The standard InChI is InChI=1S/C14H19NO2/c1-16-13-6-11-4-5-15-8-12(11)7-14(13)17-9-10-2-3-10/h6-7,10,15H,2-5,8-9H2,1H3. The van der Waals surface area contributed by atoms with E-state index in [1.165, 1.54) is 24.0 Å². The molecule has 1 aliphatic carbocycles. The Morgan fingerprint density at radius 3 is 2.82 bits per heavy atom. The Labute approximate surface area is 102 Å². The molecular weight excluding hydrogens is 214 g/mol. The maximum atomic E-state index is 5.87. The van der Waals surface area contributed by atoms with Gasteiger partial charge in [0, 0.05) is 6.54 Å². The van der Waals surface area contributed by atoms with Gasteiger partial charge in [-0.1, -0.05) is 0 Å². The van der Waals surface area contributed by atoms with Crippen molar-refractivity contribution in [1.82, 2.24) is 5.32 Å². The molecule has 0 radical (unpaired) electrons. The molecular formula is C14H19NO2. The molecule has 3 rings (SSSR count). The lowest BCUT2D eigenvalue weighted by atomic mass is 10.0. The maximum Gasteiger partial charge on any atom is 0.161 e. The van der Waals surface area contributed by atoms with Crippen molar-refractivity contribution in [3.8, 4) is 11.5 Å². The number of hydrogen-bond donors (Lipinski definition) is 1. The normalized spacial score (nSPS) is 18.6. The first-order valence-electron chi connectivity index (χ1n) is 6.40. The van der Waals surface area contributed by atoms with Crippen LogP contribution in [0.5, 0.6) is 11.5 Å². The fourth-order valence-electron chi connectivity index (χ4n) is 2.25. The first-order chi connectivity index (χ1) is 8.36. The van der Waals surface area contributed by atoms with Gasteiger partial charge < -0.3 is 14.8 Å². The van der Waals surface area contributed by atoms with Gasteiger partial charge in [-0.05, 0) is 55.0 Å². The number of ether oxygens (including phenoxy) is 2. The summed E-state index contributed by atoms with van der Waals surface area (Å²) in [6, 6.07) is 4.28. The van der Waals surface area contributed by atoms with Crippen LogP contribution in [0, 0.1) is 5.92 Å². The van der Waals surface area contributed by atoms with Gasteiger partial charge in [0.1, 0.15) is 0 Å². The van der Waals surface area contributed by atoms with Crippen LogP contribution >= 0.6 is 0 Å². The lowest BCUT2D eigenvalue weighted by molar-refractivity contribution is 0.279. The monoisotopic (exact) mass is 233 g/mol. The van der Waals surface area contributed by atoms with E-state index in [0.29, 0.717) is 0 Å². The number of rotatable bonds is 4. The van der Waals surface area contributed by atoms with Gasteiger partial charge in [0.25, 0.3) is 0 Å². The third-order valence-corrected chi connectivity index (χ3v) is 3.54. The summed E-state index contributed by atoms with van der Waals surface area (Å²) in [7, 11) is 1.72. The molecule has 0 aromatic heterocycles. The highest BCUT2D eigenvalue weighted by Crippen LogP contribution is 2.35. The average Bonchev–Trinajstić information content (AvgIpc) is 3.19. The molecule has 0 unspecified atom stereocenters. The molecule has 3 nitrogen and oxygen atoms in total. The third-order valence-electron chi connectivity index (χ3n) is 3.54. The van der Waals surface area contributed by atoms with Gasteiger partial charge in [-0.25, -0.2) is 0 Å². The van der Waals surface area contributed by atoms with Crippen LogP contribution in [0.2, 0.25) is 0 Å². The topological polar surface area (TPSA) is 30.5 Å². The molecule has 1 fully saturated rings. The van der Waals surface area contributed by atoms with Crippen LogP contribution in [-0.2, 0) is 13.0 Å². The summed E-state index contributed by atoms with van der Waals surface area (Å²) in [5.74, 6) is 2.56. The molecule has 0 saturated heterocycles. The SMILES string of the molecule is COc1cc2c(cc1OCC1CC1)CNCC2. The Bertz CT molecular complexity index is 413. The molecule has 0 spiro atoms. The van der Waals surface area contributed by atoms with E-state index in [9.17, 15) is 0 Å². The van der Waals surface area contributed by atoms with Crippen LogP contribution in [0.4, 0.5) is 0 Å². The molecule has 2 aliphatic rings. The second-order valence-electron chi connectivity index (χ2n) is 4.95. The van der Waals surface area contributed by atoms with Gasteiger partial charge in [-0.2, -0.15) is 0 Å². The van der Waals surface area contributed by atoms with Crippen LogP contribution < -0.4 is 14.8 Å². The van der Waals surface area contributed by atoms with E-state index in [-0.39, 0.29) is 0 Å². The largest absolute Gasteiger partial charge is 0.493 e. The van der Waals surface area contributed by atoms with Crippen LogP contribution in [0.15, 0.2) is 12.1 Å². The summed E-state index contributed by atoms with van der Waals surface area (Å²) in [6.45, 7) is 2.83. The molecule has 0 amide bonds. The minimum absolute atomic E-state index is 0.772. The zero-order valence-corrected chi connectivity index (χ0v) is 10.3. The van der Waals surface area contributed by atoms with E-state index in [4.69, 9.17) is 9.47 Å². The van der Waals surface area contributed by atoms with Gasteiger partial charge in [-0.3, -0.25) is 0 Å². The van der Waals surface area contributed by atoms with Crippen LogP contribution in [0.3, 0.4) is 0 Å². The van der Waals surface area contributed by atoms with Crippen LogP contribution in [-0.4, -0.2) is 20.3 Å². The van der Waals surface area contributed by atoms with Crippen molar-refractivity contribution in [3.05, 3.63) is 23.3 Å². The molecule has 1 saturated carbocycles. The molecule has 17 heavy (non-hydrogen) atoms. The Morgan fingerprint density at radius 1 is 1.24 bits per heavy atom. The molecule has 1 aromatic rings.